The lowest BCUT2D eigenvalue weighted by molar-refractivity contribution is -0.142. The Morgan fingerprint density at radius 2 is 1.77 bits per heavy atom. The number of nitrogens with zero attached hydrogens (tertiary/aromatic N) is 1. The van der Waals surface area contributed by atoms with Crippen LogP contribution < -0.4 is 10.1 Å². The third-order valence-electron chi connectivity index (χ3n) is 4.68. The summed E-state index contributed by atoms with van der Waals surface area (Å²) in [5.74, 6) is -0.129. The van der Waals surface area contributed by atoms with E-state index in [0.29, 0.717) is 26.4 Å². The van der Waals surface area contributed by atoms with Crippen molar-refractivity contribution in [1.29, 1.82) is 0 Å². The summed E-state index contributed by atoms with van der Waals surface area (Å²) in [4.78, 5) is 27.1. The van der Waals surface area contributed by atoms with E-state index in [4.69, 9.17) is 39.5 Å². The van der Waals surface area contributed by atoms with Gasteiger partial charge in [0.25, 0.3) is 5.91 Å². The van der Waals surface area contributed by atoms with Crippen molar-refractivity contribution in [3.63, 3.8) is 0 Å². The van der Waals surface area contributed by atoms with Gasteiger partial charge in [-0.1, -0.05) is 53.9 Å². The molecule has 0 unspecified atom stereocenters. The summed E-state index contributed by atoms with van der Waals surface area (Å²) in [7, 11) is 0. The second-order valence-corrected chi connectivity index (χ2v) is 8.28. The quantitative estimate of drug-likeness (QED) is 0.536. The number of ether oxygens (including phenoxy) is 1. The molecule has 2 aromatic rings. The monoisotopic (exact) mass is 470 g/mol. The smallest absolute Gasteiger partial charge is 0.261 e. The third-order valence-corrected chi connectivity index (χ3v) is 5.50. The van der Waals surface area contributed by atoms with E-state index in [1.165, 1.54) is 4.90 Å². The molecule has 0 heterocycles. The minimum Gasteiger partial charge on any atom is -0.484 e. The molecule has 30 heavy (non-hydrogen) atoms. The molecule has 2 rings (SSSR count). The summed E-state index contributed by atoms with van der Waals surface area (Å²) in [6.45, 7) is 5.47. The van der Waals surface area contributed by atoms with Gasteiger partial charge in [-0.3, -0.25) is 9.59 Å². The largest absolute Gasteiger partial charge is 0.484 e. The third kappa shape index (κ3) is 7.08. The van der Waals surface area contributed by atoms with Crippen LogP contribution in [0, 0.1) is 0 Å². The van der Waals surface area contributed by atoms with Crippen LogP contribution >= 0.6 is 34.8 Å². The molecule has 0 saturated carbocycles. The lowest BCUT2D eigenvalue weighted by Gasteiger charge is -2.30. The van der Waals surface area contributed by atoms with E-state index in [2.05, 4.69) is 5.32 Å². The van der Waals surface area contributed by atoms with Crippen molar-refractivity contribution in [2.24, 2.45) is 0 Å². The van der Waals surface area contributed by atoms with E-state index in [1.807, 2.05) is 13.8 Å². The van der Waals surface area contributed by atoms with Crippen molar-refractivity contribution >= 4 is 46.6 Å². The topological polar surface area (TPSA) is 58.6 Å². The Kier molecular flexibility index (Phi) is 9.28. The van der Waals surface area contributed by atoms with Crippen LogP contribution in [-0.2, 0) is 16.1 Å². The minimum atomic E-state index is -0.721. The van der Waals surface area contributed by atoms with Crippen LogP contribution in [0.2, 0.25) is 15.1 Å². The van der Waals surface area contributed by atoms with Crippen molar-refractivity contribution in [2.75, 3.05) is 6.61 Å². The van der Waals surface area contributed by atoms with Crippen LogP contribution in [0.3, 0.4) is 0 Å². The molecule has 0 aliphatic heterocycles. The van der Waals surface area contributed by atoms with E-state index in [9.17, 15) is 9.59 Å². The second-order valence-electron chi connectivity index (χ2n) is 7.00. The van der Waals surface area contributed by atoms with Crippen LogP contribution in [0.4, 0.5) is 0 Å². The van der Waals surface area contributed by atoms with E-state index in [0.717, 1.165) is 6.42 Å². The fraction of sp³-hybridized carbons (Fsp3) is 0.364. The van der Waals surface area contributed by atoms with Gasteiger partial charge in [-0.2, -0.15) is 0 Å². The van der Waals surface area contributed by atoms with Gasteiger partial charge in [0.15, 0.2) is 6.61 Å². The molecule has 162 valence electrons. The Morgan fingerprint density at radius 1 is 1.07 bits per heavy atom. The molecule has 0 fully saturated rings. The minimum absolute atomic E-state index is 0.00117. The van der Waals surface area contributed by atoms with Gasteiger partial charge in [0, 0.05) is 27.7 Å². The highest BCUT2D eigenvalue weighted by Crippen LogP contribution is 2.23. The number of halogens is 3. The lowest BCUT2D eigenvalue weighted by Crippen LogP contribution is -2.50. The van der Waals surface area contributed by atoms with E-state index in [-0.39, 0.29) is 31.0 Å². The van der Waals surface area contributed by atoms with E-state index >= 15 is 0 Å². The first-order chi connectivity index (χ1) is 14.2. The van der Waals surface area contributed by atoms with Gasteiger partial charge in [-0.25, -0.2) is 0 Å². The van der Waals surface area contributed by atoms with Crippen LogP contribution in [0.1, 0.15) is 32.8 Å². The zero-order valence-electron chi connectivity index (χ0n) is 17.1. The standard InChI is InChI=1S/C22H25Cl3N2O3/c1-4-14(2)26-22(29)15(3)27(12-16-8-9-18(24)11-20(16)25)21(28)13-30-19-7-5-6-17(23)10-19/h5-11,14-15H,4,12-13H2,1-3H3,(H,26,29)/t14-,15-/m0/s1. The predicted molar refractivity (Wildman–Crippen MR) is 121 cm³/mol. The molecule has 2 aromatic carbocycles. The zero-order valence-corrected chi connectivity index (χ0v) is 19.4. The molecule has 0 spiro atoms. The maximum absolute atomic E-state index is 13.0. The Hall–Kier alpha value is -1.95. The second kappa shape index (κ2) is 11.4. The molecular formula is C22H25Cl3N2O3. The molecule has 5 nitrogen and oxygen atoms in total. The maximum atomic E-state index is 13.0. The van der Waals surface area contributed by atoms with Crippen LogP contribution in [0.25, 0.3) is 0 Å². The number of benzene rings is 2. The van der Waals surface area contributed by atoms with E-state index in [1.54, 1.807) is 49.4 Å². The van der Waals surface area contributed by atoms with Gasteiger partial charge in [-0.05, 0) is 56.2 Å². The van der Waals surface area contributed by atoms with Crippen LogP contribution in [0.5, 0.6) is 5.75 Å². The highest BCUT2D eigenvalue weighted by molar-refractivity contribution is 6.35. The van der Waals surface area contributed by atoms with Gasteiger partial charge < -0.3 is 15.0 Å². The predicted octanol–water partition coefficient (Wildman–Crippen LogP) is 5.36. The fourth-order valence-electron chi connectivity index (χ4n) is 2.67. The van der Waals surface area contributed by atoms with Crippen molar-refractivity contribution in [2.45, 2.75) is 45.8 Å². The summed E-state index contributed by atoms with van der Waals surface area (Å²) in [6.07, 6.45) is 0.785. The number of nitrogens with one attached hydrogen (secondary N) is 1. The number of rotatable bonds is 9. The van der Waals surface area contributed by atoms with Crippen LogP contribution in [0.15, 0.2) is 42.5 Å². The Morgan fingerprint density at radius 3 is 2.40 bits per heavy atom. The van der Waals surface area contributed by atoms with Crippen molar-refractivity contribution in [3.05, 3.63) is 63.1 Å². The fourth-order valence-corrected chi connectivity index (χ4v) is 3.31. The zero-order chi connectivity index (χ0) is 22.3. The maximum Gasteiger partial charge on any atom is 0.261 e. The molecular weight excluding hydrogens is 447 g/mol. The molecule has 0 aliphatic rings. The van der Waals surface area contributed by atoms with Crippen LogP contribution in [-0.4, -0.2) is 35.4 Å². The highest BCUT2D eigenvalue weighted by atomic mass is 35.5. The van der Waals surface area contributed by atoms with Crippen molar-refractivity contribution < 1.29 is 14.3 Å². The summed E-state index contributed by atoms with van der Waals surface area (Å²) in [5.41, 5.74) is 0.681. The lowest BCUT2D eigenvalue weighted by atomic mass is 10.1. The summed E-state index contributed by atoms with van der Waals surface area (Å²) < 4.78 is 5.59. The average Bonchev–Trinajstić information content (AvgIpc) is 2.71. The first-order valence-corrected chi connectivity index (χ1v) is 10.8. The molecule has 0 radical (unpaired) electrons. The number of hydrogen-bond donors (Lipinski definition) is 1. The Labute approximate surface area is 192 Å². The summed E-state index contributed by atoms with van der Waals surface area (Å²) >= 11 is 18.2. The molecule has 0 aliphatic carbocycles. The number of amides is 2. The molecule has 2 amide bonds. The van der Waals surface area contributed by atoms with Gasteiger partial charge in [0.1, 0.15) is 11.8 Å². The van der Waals surface area contributed by atoms with Crippen molar-refractivity contribution in [3.8, 4) is 5.75 Å². The van der Waals surface area contributed by atoms with E-state index < -0.39 is 6.04 Å². The van der Waals surface area contributed by atoms with Gasteiger partial charge >= 0.3 is 0 Å². The van der Waals surface area contributed by atoms with Crippen molar-refractivity contribution in [1.82, 2.24) is 10.2 Å². The van der Waals surface area contributed by atoms with Gasteiger partial charge in [0.05, 0.1) is 0 Å². The number of hydrogen-bond acceptors (Lipinski definition) is 3. The Bertz CT molecular complexity index is 892. The normalized spacial score (nSPS) is 12.7. The van der Waals surface area contributed by atoms with Gasteiger partial charge in [-0.15, -0.1) is 0 Å². The molecule has 0 bridgehead atoms. The SMILES string of the molecule is CC[C@H](C)NC(=O)[C@H](C)N(Cc1ccc(Cl)cc1Cl)C(=O)COc1cccc(Cl)c1. The highest BCUT2D eigenvalue weighted by Gasteiger charge is 2.27. The summed E-state index contributed by atoms with van der Waals surface area (Å²) in [6, 6.07) is 11.1. The molecule has 1 N–H and O–H groups in total. The van der Waals surface area contributed by atoms with Gasteiger partial charge in [0.2, 0.25) is 5.91 Å². The first-order valence-electron chi connectivity index (χ1n) is 9.63. The average molecular weight is 472 g/mol. The first kappa shape index (κ1) is 24.3. The number of carbonyl (C=O) groups is 2. The Balaban J connectivity index is 2.20. The number of carbonyl (C=O) groups excluding carboxylic acids is 2. The summed E-state index contributed by atoms with van der Waals surface area (Å²) in [5, 5.41) is 4.33. The molecule has 0 aromatic heterocycles. The molecule has 8 heteroatoms. The molecule has 2 atom stereocenters. The molecule has 0 saturated heterocycles.